The molecule has 8 heteroatoms. The summed E-state index contributed by atoms with van der Waals surface area (Å²) in [7, 11) is 2.72. The molecule has 0 spiro atoms. The standard InChI is InChI=1S/C10H21N3O3S2/c1-10(2,3)16-9(15)7(12)5-18-17-4-6(11)8(13)14/h6-7H,4-5,11-12H2,1-3H3,(H2,13,14)/t6-,7-/m0/s1. The van der Waals surface area contributed by atoms with Crippen LogP contribution in [0.2, 0.25) is 0 Å². The van der Waals surface area contributed by atoms with Crippen LogP contribution < -0.4 is 17.2 Å². The van der Waals surface area contributed by atoms with E-state index in [-0.39, 0.29) is 0 Å². The number of hydrogen-bond donors (Lipinski definition) is 3. The van der Waals surface area contributed by atoms with Gasteiger partial charge in [-0.2, -0.15) is 0 Å². The number of hydrogen-bond acceptors (Lipinski definition) is 7. The normalized spacial score (nSPS) is 14.9. The lowest BCUT2D eigenvalue weighted by atomic mass is 10.2. The minimum Gasteiger partial charge on any atom is -0.459 e. The van der Waals surface area contributed by atoms with Gasteiger partial charge in [-0.25, -0.2) is 0 Å². The second-order valence-electron chi connectivity index (χ2n) is 4.72. The van der Waals surface area contributed by atoms with Crippen molar-refractivity contribution in [2.45, 2.75) is 38.5 Å². The highest BCUT2D eigenvalue weighted by atomic mass is 33.1. The second-order valence-corrected chi connectivity index (χ2v) is 7.27. The Bertz CT molecular complexity index is 295. The van der Waals surface area contributed by atoms with Gasteiger partial charge in [-0.1, -0.05) is 21.6 Å². The molecule has 0 radical (unpaired) electrons. The zero-order chi connectivity index (χ0) is 14.3. The molecule has 0 unspecified atom stereocenters. The van der Waals surface area contributed by atoms with Crippen LogP contribution in [0.4, 0.5) is 0 Å². The third-order valence-electron chi connectivity index (χ3n) is 1.65. The molecule has 0 saturated carbocycles. The molecule has 106 valence electrons. The predicted molar refractivity (Wildman–Crippen MR) is 75.9 cm³/mol. The van der Waals surface area contributed by atoms with Crippen molar-refractivity contribution in [2.75, 3.05) is 11.5 Å². The van der Waals surface area contributed by atoms with E-state index in [1.807, 2.05) is 0 Å². The Morgan fingerprint density at radius 1 is 1.11 bits per heavy atom. The van der Waals surface area contributed by atoms with Crippen LogP contribution in [0.5, 0.6) is 0 Å². The van der Waals surface area contributed by atoms with Crippen molar-refractivity contribution < 1.29 is 14.3 Å². The molecule has 0 aromatic heterocycles. The van der Waals surface area contributed by atoms with Crippen LogP contribution in [-0.2, 0) is 14.3 Å². The summed E-state index contributed by atoms with van der Waals surface area (Å²) in [5, 5.41) is 0. The van der Waals surface area contributed by atoms with Gasteiger partial charge < -0.3 is 21.9 Å². The predicted octanol–water partition coefficient (Wildman–Crippen LogP) is -0.151. The van der Waals surface area contributed by atoms with Crippen molar-refractivity contribution in [3.63, 3.8) is 0 Å². The molecular weight excluding hydrogens is 274 g/mol. The third-order valence-corrected chi connectivity index (χ3v) is 4.13. The van der Waals surface area contributed by atoms with Crippen LogP contribution >= 0.6 is 21.6 Å². The molecule has 0 aliphatic carbocycles. The van der Waals surface area contributed by atoms with E-state index < -0.39 is 29.6 Å². The monoisotopic (exact) mass is 295 g/mol. The lowest BCUT2D eigenvalue weighted by Crippen LogP contribution is -2.39. The zero-order valence-electron chi connectivity index (χ0n) is 10.8. The van der Waals surface area contributed by atoms with E-state index in [2.05, 4.69) is 0 Å². The smallest absolute Gasteiger partial charge is 0.324 e. The number of amides is 1. The van der Waals surface area contributed by atoms with E-state index in [4.69, 9.17) is 21.9 Å². The first-order chi connectivity index (χ1) is 8.13. The number of rotatable bonds is 7. The molecule has 18 heavy (non-hydrogen) atoms. The summed E-state index contributed by atoms with van der Waals surface area (Å²) in [6, 6.07) is -1.37. The molecule has 0 heterocycles. The Labute approximate surface area is 115 Å². The van der Waals surface area contributed by atoms with E-state index in [1.54, 1.807) is 20.8 Å². The summed E-state index contributed by atoms with van der Waals surface area (Å²) < 4.78 is 5.13. The third kappa shape index (κ3) is 8.62. The van der Waals surface area contributed by atoms with Crippen molar-refractivity contribution in [3.8, 4) is 0 Å². The van der Waals surface area contributed by atoms with E-state index in [9.17, 15) is 9.59 Å². The van der Waals surface area contributed by atoms with Gasteiger partial charge in [0, 0.05) is 11.5 Å². The van der Waals surface area contributed by atoms with E-state index in [0.29, 0.717) is 11.5 Å². The molecule has 0 rings (SSSR count). The van der Waals surface area contributed by atoms with Crippen molar-refractivity contribution >= 4 is 33.5 Å². The van der Waals surface area contributed by atoms with Gasteiger partial charge in [-0.3, -0.25) is 9.59 Å². The van der Waals surface area contributed by atoms with Gasteiger partial charge in [0.1, 0.15) is 11.6 Å². The van der Waals surface area contributed by atoms with Crippen LogP contribution in [0.1, 0.15) is 20.8 Å². The van der Waals surface area contributed by atoms with Gasteiger partial charge in [0.2, 0.25) is 5.91 Å². The molecule has 0 aliphatic heterocycles. The molecule has 0 aromatic rings. The molecule has 0 aliphatic rings. The van der Waals surface area contributed by atoms with Crippen LogP contribution in [0, 0.1) is 0 Å². The molecule has 0 saturated heterocycles. The Morgan fingerprint density at radius 2 is 1.56 bits per heavy atom. The van der Waals surface area contributed by atoms with Crippen LogP contribution in [-0.4, -0.2) is 41.1 Å². The summed E-state index contributed by atoms with van der Waals surface area (Å²) in [6.45, 7) is 5.35. The summed E-state index contributed by atoms with van der Waals surface area (Å²) in [5.41, 5.74) is 15.6. The van der Waals surface area contributed by atoms with Crippen LogP contribution in [0.15, 0.2) is 0 Å². The fraction of sp³-hybridized carbons (Fsp3) is 0.800. The fourth-order valence-corrected chi connectivity index (χ4v) is 3.01. The topological polar surface area (TPSA) is 121 Å². The molecule has 0 fully saturated rings. The van der Waals surface area contributed by atoms with Gasteiger partial charge >= 0.3 is 5.97 Å². The Hall–Kier alpha value is -0.440. The SMILES string of the molecule is CC(C)(C)OC(=O)[C@@H](N)CSSC[C@H](N)C(N)=O. The quantitative estimate of drug-likeness (QED) is 0.339. The first-order valence-electron chi connectivity index (χ1n) is 5.41. The van der Waals surface area contributed by atoms with Gasteiger partial charge in [-0.05, 0) is 20.8 Å². The minimum atomic E-state index is -0.688. The first-order valence-corrected chi connectivity index (χ1v) is 7.90. The number of primary amides is 1. The van der Waals surface area contributed by atoms with Gasteiger partial charge in [0.15, 0.2) is 0 Å². The average Bonchev–Trinajstić information content (AvgIpc) is 2.20. The Kier molecular flexibility index (Phi) is 7.69. The zero-order valence-corrected chi connectivity index (χ0v) is 12.5. The molecule has 6 N–H and O–H groups in total. The highest BCUT2D eigenvalue weighted by Crippen LogP contribution is 2.22. The van der Waals surface area contributed by atoms with Crippen LogP contribution in [0.3, 0.4) is 0 Å². The number of carbonyl (C=O) groups excluding carboxylic acids is 2. The second kappa shape index (κ2) is 7.88. The molecule has 1 amide bonds. The maximum atomic E-state index is 11.5. The molecule has 0 aromatic carbocycles. The number of nitrogens with two attached hydrogens (primary N) is 3. The highest BCUT2D eigenvalue weighted by molar-refractivity contribution is 8.76. The van der Waals surface area contributed by atoms with Crippen molar-refractivity contribution in [3.05, 3.63) is 0 Å². The van der Waals surface area contributed by atoms with E-state index in [0.717, 1.165) is 0 Å². The minimum absolute atomic E-state index is 0.390. The Balaban J connectivity index is 3.80. The largest absolute Gasteiger partial charge is 0.459 e. The highest BCUT2D eigenvalue weighted by Gasteiger charge is 2.22. The summed E-state index contributed by atoms with van der Waals surface area (Å²) >= 11 is 0. The molecule has 2 atom stereocenters. The lowest BCUT2D eigenvalue weighted by molar-refractivity contribution is -0.155. The van der Waals surface area contributed by atoms with Crippen LogP contribution in [0.25, 0.3) is 0 Å². The van der Waals surface area contributed by atoms with Gasteiger partial charge in [0.05, 0.1) is 6.04 Å². The Morgan fingerprint density at radius 3 is 1.94 bits per heavy atom. The van der Waals surface area contributed by atoms with Crippen molar-refractivity contribution in [1.82, 2.24) is 0 Å². The van der Waals surface area contributed by atoms with E-state index >= 15 is 0 Å². The summed E-state index contributed by atoms with van der Waals surface area (Å²) in [5.74, 6) is -0.194. The number of carbonyl (C=O) groups is 2. The number of ether oxygens (including phenoxy) is 1. The molecule has 6 nitrogen and oxygen atoms in total. The fourth-order valence-electron chi connectivity index (χ4n) is 0.770. The number of esters is 1. The first kappa shape index (κ1) is 17.6. The van der Waals surface area contributed by atoms with Crippen molar-refractivity contribution in [1.29, 1.82) is 0 Å². The van der Waals surface area contributed by atoms with E-state index in [1.165, 1.54) is 21.6 Å². The summed E-state index contributed by atoms with van der Waals surface area (Å²) in [6.07, 6.45) is 0. The van der Waals surface area contributed by atoms with Crippen molar-refractivity contribution in [2.24, 2.45) is 17.2 Å². The van der Waals surface area contributed by atoms with Gasteiger partial charge in [0.25, 0.3) is 0 Å². The lowest BCUT2D eigenvalue weighted by Gasteiger charge is -2.21. The molecular formula is C10H21N3O3S2. The summed E-state index contributed by atoms with van der Waals surface area (Å²) in [4.78, 5) is 22.2. The average molecular weight is 295 g/mol. The maximum Gasteiger partial charge on any atom is 0.324 e. The van der Waals surface area contributed by atoms with Gasteiger partial charge in [-0.15, -0.1) is 0 Å². The maximum absolute atomic E-state index is 11.5. The molecule has 0 bridgehead atoms.